The molecule has 0 atom stereocenters. The van der Waals surface area contributed by atoms with Gasteiger partial charge in [-0.25, -0.2) is 8.42 Å². The first-order chi connectivity index (χ1) is 12.7. The van der Waals surface area contributed by atoms with E-state index >= 15 is 0 Å². The van der Waals surface area contributed by atoms with E-state index in [1.165, 1.54) is 0 Å². The van der Waals surface area contributed by atoms with Gasteiger partial charge in [-0.15, -0.1) is 0 Å². The van der Waals surface area contributed by atoms with Crippen molar-refractivity contribution in [1.29, 1.82) is 0 Å². The van der Waals surface area contributed by atoms with E-state index < -0.39 is 9.84 Å². The van der Waals surface area contributed by atoms with Crippen molar-refractivity contribution in [3.8, 4) is 0 Å². The maximum atomic E-state index is 12.7. The number of hydrogen-bond donors (Lipinski definition) is 0. The third-order valence-electron chi connectivity index (χ3n) is 5.76. The molecule has 1 aliphatic rings. The molecule has 5 heteroatoms. The molecule has 1 saturated carbocycles. The molecule has 2 aromatic rings. The van der Waals surface area contributed by atoms with Crippen molar-refractivity contribution in [1.82, 2.24) is 4.98 Å². The number of carbonyl (C=O) groups is 1. The van der Waals surface area contributed by atoms with Crippen LogP contribution in [0.3, 0.4) is 0 Å². The third kappa shape index (κ3) is 4.95. The lowest BCUT2D eigenvalue weighted by molar-refractivity contribution is -0.123. The highest BCUT2D eigenvalue weighted by Crippen LogP contribution is 2.31. The molecule has 146 valence electrons. The van der Waals surface area contributed by atoms with Crippen LogP contribution in [0.4, 0.5) is 0 Å². The Hall–Kier alpha value is -1.75. The Morgan fingerprint density at radius 2 is 1.81 bits per heavy atom. The topological polar surface area (TPSA) is 64.1 Å². The van der Waals surface area contributed by atoms with Gasteiger partial charge in [0, 0.05) is 23.4 Å². The zero-order valence-corrected chi connectivity index (χ0v) is 17.3. The number of aryl methyl sites for hydroxylation is 1. The highest BCUT2D eigenvalue weighted by atomic mass is 32.2. The summed E-state index contributed by atoms with van der Waals surface area (Å²) >= 11 is 0. The van der Waals surface area contributed by atoms with Crippen molar-refractivity contribution in [3.63, 3.8) is 0 Å². The SMILES string of the molecule is Cc1ccc2cc(CC(=O)C3CCC(CS(=O)(=O)C(C)C)CC3)ccc2n1. The van der Waals surface area contributed by atoms with Gasteiger partial charge in [-0.05, 0) is 76.1 Å². The number of aromatic nitrogens is 1. The van der Waals surface area contributed by atoms with Gasteiger partial charge in [-0.2, -0.15) is 0 Å². The number of carbonyl (C=O) groups excluding carboxylic acids is 1. The Balaban J connectivity index is 1.57. The van der Waals surface area contributed by atoms with Crippen LogP contribution in [0.2, 0.25) is 0 Å². The third-order valence-corrected chi connectivity index (χ3v) is 8.13. The second-order valence-corrected chi connectivity index (χ2v) is 10.8. The summed E-state index contributed by atoms with van der Waals surface area (Å²) in [7, 11) is -3.00. The highest BCUT2D eigenvalue weighted by Gasteiger charge is 2.29. The lowest BCUT2D eigenvalue weighted by atomic mass is 9.79. The average molecular weight is 388 g/mol. The van der Waals surface area contributed by atoms with Gasteiger partial charge in [0.15, 0.2) is 9.84 Å². The van der Waals surface area contributed by atoms with Crippen LogP contribution < -0.4 is 0 Å². The minimum absolute atomic E-state index is 0.0647. The van der Waals surface area contributed by atoms with Gasteiger partial charge < -0.3 is 0 Å². The molecule has 0 radical (unpaired) electrons. The van der Waals surface area contributed by atoms with Crippen molar-refractivity contribution < 1.29 is 13.2 Å². The molecule has 1 heterocycles. The summed E-state index contributed by atoms with van der Waals surface area (Å²) in [5.74, 6) is 0.814. The largest absolute Gasteiger partial charge is 0.299 e. The molecule has 1 fully saturated rings. The van der Waals surface area contributed by atoms with Gasteiger partial charge in [-0.3, -0.25) is 9.78 Å². The first kappa shape index (κ1) is 20.0. The Kier molecular flexibility index (Phi) is 5.99. The summed E-state index contributed by atoms with van der Waals surface area (Å²) in [6, 6.07) is 10.1. The lowest BCUT2D eigenvalue weighted by Gasteiger charge is -2.28. The van der Waals surface area contributed by atoms with E-state index in [-0.39, 0.29) is 28.6 Å². The predicted molar refractivity (Wildman–Crippen MR) is 110 cm³/mol. The van der Waals surface area contributed by atoms with Crippen LogP contribution in [-0.2, 0) is 21.1 Å². The zero-order valence-electron chi connectivity index (χ0n) is 16.4. The van der Waals surface area contributed by atoms with Crippen LogP contribution in [0.25, 0.3) is 10.9 Å². The number of pyridine rings is 1. The van der Waals surface area contributed by atoms with Gasteiger partial charge in [0.25, 0.3) is 0 Å². The quantitative estimate of drug-likeness (QED) is 0.742. The molecule has 0 aliphatic heterocycles. The molecule has 27 heavy (non-hydrogen) atoms. The second-order valence-electron chi connectivity index (χ2n) is 8.22. The normalized spacial score (nSPS) is 20.9. The van der Waals surface area contributed by atoms with E-state index in [1.807, 2.05) is 31.2 Å². The number of ketones is 1. The minimum atomic E-state index is -3.00. The lowest BCUT2D eigenvalue weighted by Crippen LogP contribution is -2.29. The summed E-state index contributed by atoms with van der Waals surface area (Å²) in [5.41, 5.74) is 2.98. The molecular weight excluding hydrogens is 358 g/mol. The van der Waals surface area contributed by atoms with Crippen LogP contribution in [-0.4, -0.2) is 30.2 Å². The minimum Gasteiger partial charge on any atom is -0.299 e. The first-order valence-corrected chi connectivity index (χ1v) is 11.6. The fourth-order valence-electron chi connectivity index (χ4n) is 3.90. The smallest absolute Gasteiger partial charge is 0.152 e. The van der Waals surface area contributed by atoms with E-state index in [0.29, 0.717) is 6.42 Å². The average Bonchev–Trinajstić information content (AvgIpc) is 2.62. The highest BCUT2D eigenvalue weighted by molar-refractivity contribution is 7.91. The van der Waals surface area contributed by atoms with E-state index in [0.717, 1.165) is 47.8 Å². The maximum absolute atomic E-state index is 12.7. The fourth-order valence-corrected chi connectivity index (χ4v) is 5.28. The van der Waals surface area contributed by atoms with Crippen molar-refractivity contribution in [3.05, 3.63) is 41.6 Å². The first-order valence-electron chi connectivity index (χ1n) is 9.85. The molecular formula is C22H29NO3S. The van der Waals surface area contributed by atoms with Gasteiger partial charge >= 0.3 is 0 Å². The molecule has 0 amide bonds. The van der Waals surface area contributed by atoms with E-state index in [2.05, 4.69) is 11.1 Å². The summed E-state index contributed by atoms with van der Waals surface area (Å²) < 4.78 is 24.2. The van der Waals surface area contributed by atoms with Gasteiger partial charge in [0.05, 0.1) is 16.5 Å². The Morgan fingerprint density at radius 3 is 2.48 bits per heavy atom. The molecule has 4 nitrogen and oxygen atoms in total. The Morgan fingerprint density at radius 1 is 1.11 bits per heavy atom. The van der Waals surface area contributed by atoms with E-state index in [1.54, 1.807) is 13.8 Å². The number of nitrogens with zero attached hydrogens (tertiary/aromatic N) is 1. The fraction of sp³-hybridized carbons (Fsp3) is 0.545. The van der Waals surface area contributed by atoms with Gasteiger partial charge in [0.2, 0.25) is 0 Å². The molecule has 0 N–H and O–H groups in total. The number of rotatable bonds is 6. The van der Waals surface area contributed by atoms with Crippen LogP contribution in [0.1, 0.15) is 50.8 Å². The molecule has 1 aliphatic carbocycles. The molecule has 0 unspecified atom stereocenters. The van der Waals surface area contributed by atoms with Crippen LogP contribution in [0.5, 0.6) is 0 Å². The summed E-state index contributed by atoms with van der Waals surface area (Å²) in [6.45, 7) is 5.45. The summed E-state index contributed by atoms with van der Waals surface area (Å²) in [5, 5.41) is 0.747. The van der Waals surface area contributed by atoms with Crippen molar-refractivity contribution >= 4 is 26.5 Å². The second kappa shape index (κ2) is 8.09. The Bertz CT molecular complexity index is 926. The Labute approximate surface area is 162 Å². The van der Waals surface area contributed by atoms with Crippen LogP contribution >= 0.6 is 0 Å². The van der Waals surface area contributed by atoms with Gasteiger partial charge in [0.1, 0.15) is 5.78 Å². The summed E-state index contributed by atoms with van der Waals surface area (Å²) in [4.78, 5) is 17.2. The number of benzene rings is 1. The molecule has 0 saturated heterocycles. The summed E-state index contributed by atoms with van der Waals surface area (Å²) in [6.07, 6.45) is 3.74. The van der Waals surface area contributed by atoms with Crippen molar-refractivity contribution in [2.75, 3.05) is 5.75 Å². The van der Waals surface area contributed by atoms with Crippen molar-refractivity contribution in [2.24, 2.45) is 11.8 Å². The monoisotopic (exact) mass is 387 g/mol. The molecule has 3 rings (SSSR count). The number of hydrogen-bond acceptors (Lipinski definition) is 4. The zero-order chi connectivity index (χ0) is 19.6. The molecule has 0 bridgehead atoms. The maximum Gasteiger partial charge on any atom is 0.152 e. The molecule has 0 spiro atoms. The van der Waals surface area contributed by atoms with E-state index in [9.17, 15) is 13.2 Å². The van der Waals surface area contributed by atoms with E-state index in [4.69, 9.17) is 0 Å². The number of fused-ring (bicyclic) bond motifs is 1. The van der Waals surface area contributed by atoms with Gasteiger partial charge in [-0.1, -0.05) is 12.1 Å². The molecule has 1 aromatic carbocycles. The predicted octanol–water partition coefficient (Wildman–Crippen LogP) is 4.28. The van der Waals surface area contributed by atoms with Crippen LogP contribution in [0, 0.1) is 18.8 Å². The number of Topliss-reactive ketones (excluding diaryl/α,β-unsaturated/α-hetero) is 1. The number of sulfone groups is 1. The van der Waals surface area contributed by atoms with Crippen molar-refractivity contribution in [2.45, 2.75) is 58.1 Å². The molecule has 1 aromatic heterocycles. The van der Waals surface area contributed by atoms with Crippen LogP contribution in [0.15, 0.2) is 30.3 Å². The standard InChI is InChI=1S/C22H29NO3S/c1-15(2)27(25,26)14-17-5-9-19(10-6-17)22(24)13-18-7-11-21-20(12-18)8-4-16(3)23-21/h4,7-8,11-12,15,17,19H,5-6,9-10,13-14H2,1-3H3.